The summed E-state index contributed by atoms with van der Waals surface area (Å²) in [7, 11) is 3.09. The molecule has 0 aliphatic carbocycles. The van der Waals surface area contributed by atoms with E-state index in [9.17, 15) is 9.59 Å². The SMILES string of the molecule is CCOC(=O)c1sc(NC(=O)CSc2nnc(-c3ccc(OC)c(OC)c3)n2N)cc1C. The monoisotopic (exact) mass is 477 g/mol. The highest BCUT2D eigenvalue weighted by Gasteiger charge is 2.18. The van der Waals surface area contributed by atoms with E-state index in [1.54, 1.807) is 52.3 Å². The summed E-state index contributed by atoms with van der Waals surface area (Å²) in [5.74, 6) is 7.08. The van der Waals surface area contributed by atoms with E-state index in [-0.39, 0.29) is 11.7 Å². The number of hydrogen-bond acceptors (Lipinski definition) is 10. The van der Waals surface area contributed by atoms with Crippen LogP contribution in [0.3, 0.4) is 0 Å². The Kier molecular flexibility index (Phi) is 7.59. The van der Waals surface area contributed by atoms with Crippen LogP contribution in [0.1, 0.15) is 22.2 Å². The molecule has 0 spiro atoms. The number of nitrogen functional groups attached to an aromatic ring is 1. The van der Waals surface area contributed by atoms with Crippen LogP contribution in [0.25, 0.3) is 11.4 Å². The summed E-state index contributed by atoms with van der Waals surface area (Å²) in [6, 6.07) is 7.01. The normalized spacial score (nSPS) is 10.6. The summed E-state index contributed by atoms with van der Waals surface area (Å²) in [4.78, 5) is 24.8. The Morgan fingerprint density at radius 2 is 1.94 bits per heavy atom. The molecule has 12 heteroatoms. The van der Waals surface area contributed by atoms with Gasteiger partial charge in [0.25, 0.3) is 0 Å². The van der Waals surface area contributed by atoms with Crippen molar-refractivity contribution in [2.45, 2.75) is 19.0 Å². The topological polar surface area (TPSA) is 131 Å². The van der Waals surface area contributed by atoms with E-state index in [4.69, 9.17) is 20.1 Å². The molecule has 0 radical (unpaired) electrons. The Morgan fingerprint density at radius 3 is 2.62 bits per heavy atom. The number of hydrogen-bond donors (Lipinski definition) is 2. The Hall–Kier alpha value is -3.25. The lowest BCUT2D eigenvalue weighted by molar-refractivity contribution is -0.113. The van der Waals surface area contributed by atoms with Gasteiger partial charge in [0, 0.05) is 5.56 Å². The van der Waals surface area contributed by atoms with Gasteiger partial charge in [0.15, 0.2) is 17.3 Å². The maximum absolute atomic E-state index is 12.4. The van der Waals surface area contributed by atoms with Crippen LogP contribution in [0.5, 0.6) is 11.5 Å². The van der Waals surface area contributed by atoms with Gasteiger partial charge in [-0.3, -0.25) is 4.79 Å². The van der Waals surface area contributed by atoms with Crippen LogP contribution >= 0.6 is 23.1 Å². The quantitative estimate of drug-likeness (QED) is 0.271. The van der Waals surface area contributed by atoms with Crippen molar-refractivity contribution in [1.29, 1.82) is 0 Å². The Bertz CT molecular complexity index is 1130. The van der Waals surface area contributed by atoms with Gasteiger partial charge >= 0.3 is 5.97 Å². The average Bonchev–Trinajstić information content (AvgIpc) is 3.33. The minimum Gasteiger partial charge on any atom is -0.493 e. The lowest BCUT2D eigenvalue weighted by atomic mass is 10.2. The summed E-state index contributed by atoms with van der Waals surface area (Å²) in [5, 5.41) is 11.9. The number of carbonyl (C=O) groups excluding carboxylic acids is 2. The lowest BCUT2D eigenvalue weighted by Crippen LogP contribution is -2.16. The molecule has 0 aliphatic rings. The Labute approximate surface area is 193 Å². The molecule has 0 bridgehead atoms. The van der Waals surface area contributed by atoms with Crippen LogP contribution in [-0.2, 0) is 9.53 Å². The predicted molar refractivity (Wildman–Crippen MR) is 123 cm³/mol. The molecule has 1 amide bonds. The number of nitrogens with zero attached hydrogens (tertiary/aromatic N) is 3. The second kappa shape index (κ2) is 10.4. The van der Waals surface area contributed by atoms with E-state index >= 15 is 0 Å². The van der Waals surface area contributed by atoms with E-state index in [1.165, 1.54) is 16.0 Å². The van der Waals surface area contributed by atoms with Crippen LogP contribution < -0.4 is 20.6 Å². The predicted octanol–water partition coefficient (Wildman–Crippen LogP) is 2.95. The van der Waals surface area contributed by atoms with Gasteiger partial charge in [0.1, 0.15) is 4.88 Å². The first-order valence-corrected chi connectivity index (χ1v) is 11.3. The average molecular weight is 478 g/mol. The number of nitrogens with two attached hydrogens (primary N) is 1. The molecular formula is C20H23N5O5S2. The molecule has 0 atom stereocenters. The Morgan fingerprint density at radius 1 is 1.19 bits per heavy atom. The van der Waals surface area contributed by atoms with Gasteiger partial charge in [-0.2, -0.15) is 0 Å². The molecule has 1 aromatic carbocycles. The highest BCUT2D eigenvalue weighted by molar-refractivity contribution is 7.99. The van der Waals surface area contributed by atoms with Crippen LogP contribution in [0, 0.1) is 6.92 Å². The minimum atomic E-state index is -0.399. The maximum Gasteiger partial charge on any atom is 0.348 e. The zero-order chi connectivity index (χ0) is 23.3. The second-order valence-corrected chi connectivity index (χ2v) is 8.42. The Balaban J connectivity index is 1.65. The maximum atomic E-state index is 12.4. The van der Waals surface area contributed by atoms with Crippen molar-refractivity contribution in [3.8, 4) is 22.9 Å². The number of rotatable bonds is 9. The lowest BCUT2D eigenvalue weighted by Gasteiger charge is -2.09. The third-order valence-electron chi connectivity index (χ3n) is 4.28. The highest BCUT2D eigenvalue weighted by atomic mass is 32.2. The van der Waals surface area contributed by atoms with Gasteiger partial charge in [-0.25, -0.2) is 9.47 Å². The fourth-order valence-electron chi connectivity index (χ4n) is 2.79. The zero-order valence-electron chi connectivity index (χ0n) is 18.0. The first kappa shape index (κ1) is 23.4. The van der Waals surface area contributed by atoms with Crippen LogP contribution in [-0.4, -0.2) is 53.3 Å². The fraction of sp³-hybridized carbons (Fsp3) is 0.300. The largest absolute Gasteiger partial charge is 0.493 e. The molecule has 0 aliphatic heterocycles. The molecule has 3 rings (SSSR count). The van der Waals surface area contributed by atoms with E-state index in [0.717, 1.165) is 17.3 Å². The molecule has 0 saturated carbocycles. The molecule has 0 saturated heterocycles. The van der Waals surface area contributed by atoms with Crippen LogP contribution in [0.2, 0.25) is 0 Å². The standard InChI is InChI=1S/C20H23N5O5S2/c1-5-30-19(27)17-11(2)8-16(32-17)22-15(26)10-31-20-24-23-18(25(20)21)12-6-7-13(28-3)14(9-12)29-4/h6-9H,5,10,21H2,1-4H3,(H,22,26). The molecule has 32 heavy (non-hydrogen) atoms. The number of anilines is 1. The smallest absolute Gasteiger partial charge is 0.348 e. The van der Waals surface area contributed by atoms with Gasteiger partial charge in [0.2, 0.25) is 11.1 Å². The van der Waals surface area contributed by atoms with Crippen molar-refractivity contribution in [2.75, 3.05) is 37.7 Å². The van der Waals surface area contributed by atoms with Gasteiger partial charge in [0.05, 0.1) is 31.6 Å². The molecule has 3 N–H and O–H groups in total. The minimum absolute atomic E-state index is 0.0625. The van der Waals surface area contributed by atoms with Crippen LogP contribution in [0.4, 0.5) is 5.00 Å². The van der Waals surface area contributed by atoms with Crippen molar-refractivity contribution in [2.24, 2.45) is 0 Å². The number of esters is 1. The molecule has 3 aromatic rings. The summed E-state index contributed by atoms with van der Waals surface area (Å²) < 4.78 is 16.9. The van der Waals surface area contributed by atoms with Crippen molar-refractivity contribution in [3.05, 3.63) is 34.7 Å². The molecule has 2 aromatic heterocycles. The van der Waals surface area contributed by atoms with Gasteiger partial charge in [-0.15, -0.1) is 21.5 Å². The number of benzene rings is 1. The van der Waals surface area contributed by atoms with Crippen LogP contribution in [0.15, 0.2) is 29.4 Å². The van der Waals surface area contributed by atoms with Crippen molar-refractivity contribution >= 4 is 40.0 Å². The number of aromatic nitrogens is 3. The molecule has 0 unspecified atom stereocenters. The fourth-order valence-corrected chi connectivity index (χ4v) is 4.43. The molecule has 2 heterocycles. The van der Waals surface area contributed by atoms with Gasteiger partial charge < -0.3 is 25.4 Å². The number of thiophene rings is 1. The van der Waals surface area contributed by atoms with Crippen molar-refractivity contribution < 1.29 is 23.8 Å². The van der Waals surface area contributed by atoms with Crippen molar-refractivity contribution in [1.82, 2.24) is 14.9 Å². The first-order chi connectivity index (χ1) is 15.4. The number of carbonyl (C=O) groups is 2. The number of aryl methyl sites for hydroxylation is 1. The number of ether oxygens (including phenoxy) is 3. The van der Waals surface area contributed by atoms with E-state index < -0.39 is 5.97 Å². The van der Waals surface area contributed by atoms with Crippen molar-refractivity contribution in [3.63, 3.8) is 0 Å². The molecule has 170 valence electrons. The number of amides is 1. The van der Waals surface area contributed by atoms with E-state index in [1.807, 2.05) is 0 Å². The summed E-state index contributed by atoms with van der Waals surface area (Å²) in [6.45, 7) is 3.83. The molecule has 0 fully saturated rings. The summed E-state index contributed by atoms with van der Waals surface area (Å²) >= 11 is 2.32. The zero-order valence-corrected chi connectivity index (χ0v) is 19.6. The summed E-state index contributed by atoms with van der Waals surface area (Å²) in [5.41, 5.74) is 1.44. The van der Waals surface area contributed by atoms with Gasteiger partial charge in [-0.1, -0.05) is 11.8 Å². The third-order valence-corrected chi connectivity index (χ3v) is 6.36. The third kappa shape index (κ3) is 5.14. The number of thioether (sulfide) groups is 1. The van der Waals surface area contributed by atoms with E-state index in [2.05, 4.69) is 15.5 Å². The first-order valence-electron chi connectivity index (χ1n) is 9.51. The summed E-state index contributed by atoms with van der Waals surface area (Å²) in [6.07, 6.45) is 0. The second-order valence-electron chi connectivity index (χ2n) is 6.43. The molecular weight excluding hydrogens is 454 g/mol. The number of nitrogens with one attached hydrogen (secondary N) is 1. The van der Waals surface area contributed by atoms with E-state index in [0.29, 0.717) is 44.5 Å². The number of methoxy groups -OCH3 is 2. The highest BCUT2D eigenvalue weighted by Crippen LogP contribution is 2.32. The van der Waals surface area contributed by atoms with Gasteiger partial charge in [-0.05, 0) is 43.7 Å². The molecule has 10 nitrogen and oxygen atoms in total.